The van der Waals surface area contributed by atoms with Crippen molar-refractivity contribution in [1.29, 1.82) is 0 Å². The molecular formula is C24H25N5O2. The summed E-state index contributed by atoms with van der Waals surface area (Å²) in [5, 5.41) is 15.5. The quantitative estimate of drug-likeness (QED) is 0.487. The van der Waals surface area contributed by atoms with E-state index in [1.54, 1.807) is 11.6 Å². The highest BCUT2D eigenvalue weighted by Crippen LogP contribution is 2.21. The Labute approximate surface area is 181 Å². The SMILES string of the molecule is Cc1nnc(-c2cc(C)n(-c3cccc(C(=O)N[C@@H](C)CCc4ccccc4)c3)n2)o1. The molecule has 31 heavy (non-hydrogen) atoms. The topological polar surface area (TPSA) is 85.8 Å². The Balaban J connectivity index is 1.45. The van der Waals surface area contributed by atoms with Crippen LogP contribution in [0.4, 0.5) is 0 Å². The summed E-state index contributed by atoms with van der Waals surface area (Å²) < 4.78 is 7.24. The second-order valence-corrected chi connectivity index (χ2v) is 7.66. The van der Waals surface area contributed by atoms with Crippen LogP contribution in [0.2, 0.25) is 0 Å². The van der Waals surface area contributed by atoms with Crippen LogP contribution in [-0.2, 0) is 6.42 Å². The number of hydrogen-bond acceptors (Lipinski definition) is 5. The highest BCUT2D eigenvalue weighted by molar-refractivity contribution is 5.94. The third-order valence-corrected chi connectivity index (χ3v) is 5.07. The monoisotopic (exact) mass is 415 g/mol. The van der Waals surface area contributed by atoms with E-state index in [0.29, 0.717) is 23.0 Å². The number of nitrogens with zero attached hydrogens (tertiary/aromatic N) is 4. The van der Waals surface area contributed by atoms with E-state index in [0.717, 1.165) is 24.2 Å². The molecular weight excluding hydrogens is 390 g/mol. The highest BCUT2D eigenvalue weighted by Gasteiger charge is 2.15. The minimum absolute atomic E-state index is 0.0650. The van der Waals surface area contributed by atoms with Crippen molar-refractivity contribution in [2.45, 2.75) is 39.7 Å². The predicted molar refractivity (Wildman–Crippen MR) is 118 cm³/mol. The van der Waals surface area contributed by atoms with Crippen molar-refractivity contribution in [2.24, 2.45) is 0 Å². The van der Waals surface area contributed by atoms with Crippen molar-refractivity contribution in [3.63, 3.8) is 0 Å². The zero-order chi connectivity index (χ0) is 21.8. The summed E-state index contributed by atoms with van der Waals surface area (Å²) in [4.78, 5) is 12.8. The Morgan fingerprint density at radius 3 is 2.61 bits per heavy atom. The van der Waals surface area contributed by atoms with Crippen LogP contribution in [0.15, 0.2) is 65.1 Å². The molecule has 0 aliphatic carbocycles. The van der Waals surface area contributed by atoms with Gasteiger partial charge in [-0.3, -0.25) is 4.79 Å². The fraction of sp³-hybridized carbons (Fsp3) is 0.250. The van der Waals surface area contributed by atoms with E-state index < -0.39 is 0 Å². The summed E-state index contributed by atoms with van der Waals surface area (Å²) in [6, 6.07) is 19.7. The van der Waals surface area contributed by atoms with Crippen LogP contribution in [0.25, 0.3) is 17.3 Å². The van der Waals surface area contributed by atoms with Crippen molar-refractivity contribution in [1.82, 2.24) is 25.3 Å². The molecule has 0 aliphatic heterocycles. The minimum atomic E-state index is -0.0972. The van der Waals surface area contributed by atoms with Gasteiger partial charge in [0.2, 0.25) is 5.89 Å². The minimum Gasteiger partial charge on any atom is -0.420 e. The lowest BCUT2D eigenvalue weighted by Crippen LogP contribution is -2.32. The van der Waals surface area contributed by atoms with Gasteiger partial charge < -0.3 is 9.73 Å². The van der Waals surface area contributed by atoms with Crippen molar-refractivity contribution in [3.05, 3.63) is 83.4 Å². The van der Waals surface area contributed by atoms with Crippen LogP contribution < -0.4 is 5.32 Å². The first-order valence-corrected chi connectivity index (χ1v) is 10.3. The fourth-order valence-corrected chi connectivity index (χ4v) is 3.43. The molecule has 4 rings (SSSR count). The van der Waals surface area contributed by atoms with Gasteiger partial charge in [-0.25, -0.2) is 4.68 Å². The molecule has 4 aromatic rings. The zero-order valence-electron chi connectivity index (χ0n) is 17.9. The van der Waals surface area contributed by atoms with Gasteiger partial charge in [-0.2, -0.15) is 5.10 Å². The Morgan fingerprint density at radius 2 is 1.87 bits per heavy atom. The van der Waals surface area contributed by atoms with E-state index >= 15 is 0 Å². The number of amides is 1. The number of aryl methyl sites for hydroxylation is 3. The lowest BCUT2D eigenvalue weighted by atomic mass is 10.1. The Kier molecular flexibility index (Phi) is 5.93. The van der Waals surface area contributed by atoms with Crippen LogP contribution in [0.5, 0.6) is 0 Å². The molecule has 0 spiro atoms. The van der Waals surface area contributed by atoms with Gasteiger partial charge in [-0.1, -0.05) is 36.4 Å². The molecule has 0 radical (unpaired) electrons. The lowest BCUT2D eigenvalue weighted by Gasteiger charge is -2.14. The van der Waals surface area contributed by atoms with E-state index in [1.807, 2.05) is 62.4 Å². The van der Waals surface area contributed by atoms with Gasteiger partial charge in [-0.05, 0) is 56.5 Å². The molecule has 0 saturated heterocycles. The summed E-state index contributed by atoms with van der Waals surface area (Å²) >= 11 is 0. The van der Waals surface area contributed by atoms with E-state index in [2.05, 4.69) is 32.7 Å². The molecule has 1 atom stereocenters. The fourth-order valence-electron chi connectivity index (χ4n) is 3.43. The second kappa shape index (κ2) is 8.95. The van der Waals surface area contributed by atoms with Gasteiger partial charge in [0, 0.05) is 24.2 Å². The lowest BCUT2D eigenvalue weighted by molar-refractivity contribution is 0.0938. The first-order chi connectivity index (χ1) is 15.0. The number of hydrogen-bond donors (Lipinski definition) is 1. The Morgan fingerprint density at radius 1 is 1.06 bits per heavy atom. The van der Waals surface area contributed by atoms with Crippen LogP contribution in [0.3, 0.4) is 0 Å². The molecule has 0 unspecified atom stereocenters. The van der Waals surface area contributed by atoms with Gasteiger partial charge in [-0.15, -0.1) is 10.2 Å². The van der Waals surface area contributed by atoms with E-state index in [4.69, 9.17) is 4.42 Å². The number of benzene rings is 2. The third-order valence-electron chi connectivity index (χ3n) is 5.07. The summed E-state index contributed by atoms with van der Waals surface area (Å²) in [6.45, 7) is 5.71. The Hall–Kier alpha value is -3.74. The molecule has 0 saturated carbocycles. The number of rotatable bonds is 7. The molecule has 0 bridgehead atoms. The van der Waals surface area contributed by atoms with Gasteiger partial charge in [0.25, 0.3) is 11.8 Å². The first kappa shape index (κ1) is 20.5. The third kappa shape index (κ3) is 4.88. The molecule has 2 heterocycles. The normalized spacial score (nSPS) is 12.0. The second-order valence-electron chi connectivity index (χ2n) is 7.66. The van der Waals surface area contributed by atoms with Crippen molar-refractivity contribution in [2.75, 3.05) is 0 Å². The standard InChI is InChI=1S/C24H25N5O2/c1-16(12-13-19-8-5-4-6-9-19)25-23(30)20-10-7-11-21(15-20)29-17(2)14-22(28-29)24-27-26-18(3)31-24/h4-11,14-16H,12-13H2,1-3H3,(H,25,30)/t16-/m0/s1. The molecule has 1 N–H and O–H groups in total. The number of nitrogens with one attached hydrogen (secondary N) is 1. The molecule has 158 valence electrons. The zero-order valence-corrected chi connectivity index (χ0v) is 17.9. The molecule has 0 aliphatic rings. The summed E-state index contributed by atoms with van der Waals surface area (Å²) in [5.41, 5.74) is 4.16. The predicted octanol–water partition coefficient (Wildman–Crippen LogP) is 4.29. The maximum atomic E-state index is 12.8. The van der Waals surface area contributed by atoms with Crippen molar-refractivity contribution < 1.29 is 9.21 Å². The van der Waals surface area contributed by atoms with Crippen molar-refractivity contribution >= 4 is 5.91 Å². The highest BCUT2D eigenvalue weighted by atomic mass is 16.4. The molecule has 2 aromatic carbocycles. The maximum Gasteiger partial charge on any atom is 0.268 e. The van der Waals surface area contributed by atoms with Crippen LogP contribution >= 0.6 is 0 Å². The van der Waals surface area contributed by atoms with E-state index in [-0.39, 0.29) is 11.9 Å². The average Bonchev–Trinajstić information content (AvgIpc) is 3.38. The van der Waals surface area contributed by atoms with Crippen molar-refractivity contribution in [3.8, 4) is 17.3 Å². The van der Waals surface area contributed by atoms with E-state index in [9.17, 15) is 4.79 Å². The summed E-state index contributed by atoms with van der Waals surface area (Å²) in [6.07, 6.45) is 1.80. The van der Waals surface area contributed by atoms with Gasteiger partial charge >= 0.3 is 0 Å². The molecule has 1 amide bonds. The number of carbonyl (C=O) groups excluding carboxylic acids is 1. The van der Waals surface area contributed by atoms with Gasteiger partial charge in [0.05, 0.1) is 5.69 Å². The maximum absolute atomic E-state index is 12.8. The van der Waals surface area contributed by atoms with Crippen LogP contribution in [0, 0.1) is 13.8 Å². The van der Waals surface area contributed by atoms with Gasteiger partial charge in [0.15, 0.2) is 0 Å². The number of aromatic nitrogens is 4. The molecule has 0 fully saturated rings. The first-order valence-electron chi connectivity index (χ1n) is 10.3. The molecule has 7 nitrogen and oxygen atoms in total. The van der Waals surface area contributed by atoms with E-state index in [1.165, 1.54) is 5.56 Å². The largest absolute Gasteiger partial charge is 0.420 e. The average molecular weight is 415 g/mol. The number of carbonyl (C=O) groups is 1. The Bertz CT molecular complexity index is 1180. The van der Waals surface area contributed by atoms with Gasteiger partial charge in [0.1, 0.15) is 5.69 Å². The molecule has 2 aromatic heterocycles. The molecule has 7 heteroatoms. The summed E-state index contributed by atoms with van der Waals surface area (Å²) in [7, 11) is 0. The van der Waals surface area contributed by atoms with Crippen LogP contribution in [-0.4, -0.2) is 31.9 Å². The van der Waals surface area contributed by atoms with Crippen LogP contribution in [0.1, 0.15) is 40.9 Å². The smallest absolute Gasteiger partial charge is 0.268 e. The summed E-state index contributed by atoms with van der Waals surface area (Å²) in [5.74, 6) is 0.766.